The monoisotopic (exact) mass is 151 g/mol. The predicted molar refractivity (Wildman–Crippen MR) is 41.9 cm³/mol. The fourth-order valence-corrected chi connectivity index (χ4v) is 0.806. The Balaban J connectivity index is 2.52. The molecule has 0 amide bonds. The van der Waals surface area contributed by atoms with Gasteiger partial charge in [0.25, 0.3) is 0 Å². The third-order valence-electron chi connectivity index (χ3n) is 1.40. The standard InChI is InChI=1S/C9H11O2/c1-2-11-7-8-3-5-9(10)6-4-8/h3-6H,2,7H2,1H3. The molecule has 0 aliphatic rings. The number of hydrogen-bond donors (Lipinski definition) is 0. The largest absolute Gasteiger partial charge is 0.377 e. The lowest BCUT2D eigenvalue weighted by Gasteiger charge is -1.99. The maximum absolute atomic E-state index is 10.7. The van der Waals surface area contributed by atoms with Gasteiger partial charge in [0, 0.05) is 6.61 Å². The fourth-order valence-electron chi connectivity index (χ4n) is 0.806. The Bertz CT molecular complexity index is 203. The average molecular weight is 151 g/mol. The van der Waals surface area contributed by atoms with Gasteiger partial charge in [-0.25, -0.2) is 0 Å². The molecule has 0 aliphatic carbocycles. The Labute approximate surface area is 66.4 Å². The molecule has 0 bridgehead atoms. The first-order valence-corrected chi connectivity index (χ1v) is 3.66. The molecule has 2 nitrogen and oxygen atoms in total. The van der Waals surface area contributed by atoms with E-state index in [4.69, 9.17) is 4.74 Å². The Hall–Kier alpha value is -1.02. The molecule has 1 aromatic rings. The third-order valence-corrected chi connectivity index (χ3v) is 1.40. The van der Waals surface area contributed by atoms with Gasteiger partial charge in [-0.05, 0) is 24.6 Å². The van der Waals surface area contributed by atoms with E-state index >= 15 is 0 Å². The van der Waals surface area contributed by atoms with Crippen LogP contribution in [0.25, 0.3) is 0 Å². The van der Waals surface area contributed by atoms with Crippen molar-refractivity contribution in [2.24, 2.45) is 0 Å². The molecular formula is C9H11O2. The summed E-state index contributed by atoms with van der Waals surface area (Å²) in [5.74, 6) is 0.0465. The lowest BCUT2D eigenvalue weighted by atomic mass is 10.2. The summed E-state index contributed by atoms with van der Waals surface area (Å²) in [6.07, 6.45) is 0. The van der Waals surface area contributed by atoms with Crippen LogP contribution in [-0.2, 0) is 16.5 Å². The molecule has 0 atom stereocenters. The van der Waals surface area contributed by atoms with Crippen LogP contribution in [0, 0.1) is 0 Å². The second kappa shape index (κ2) is 3.98. The van der Waals surface area contributed by atoms with Crippen molar-refractivity contribution in [3.8, 4) is 5.75 Å². The zero-order chi connectivity index (χ0) is 8.10. The van der Waals surface area contributed by atoms with Gasteiger partial charge >= 0.3 is 0 Å². The molecule has 1 aromatic carbocycles. The second-order valence-corrected chi connectivity index (χ2v) is 2.28. The SMILES string of the molecule is CCOCc1ccc([O])cc1. The van der Waals surface area contributed by atoms with Crippen LogP contribution in [-0.4, -0.2) is 6.61 Å². The highest BCUT2D eigenvalue weighted by molar-refractivity contribution is 5.25. The summed E-state index contributed by atoms with van der Waals surface area (Å²) in [6, 6.07) is 6.68. The lowest BCUT2D eigenvalue weighted by Crippen LogP contribution is -1.90. The van der Waals surface area contributed by atoms with Crippen molar-refractivity contribution in [3.63, 3.8) is 0 Å². The molecule has 1 rings (SSSR count). The van der Waals surface area contributed by atoms with Crippen LogP contribution in [0.4, 0.5) is 0 Å². The van der Waals surface area contributed by atoms with Gasteiger partial charge in [0.15, 0.2) is 5.75 Å². The highest BCUT2D eigenvalue weighted by atomic mass is 16.5. The van der Waals surface area contributed by atoms with E-state index in [2.05, 4.69) is 0 Å². The lowest BCUT2D eigenvalue weighted by molar-refractivity contribution is 0.134. The number of hydrogen-bond acceptors (Lipinski definition) is 1. The molecule has 0 saturated carbocycles. The van der Waals surface area contributed by atoms with Crippen molar-refractivity contribution in [1.82, 2.24) is 0 Å². The molecule has 11 heavy (non-hydrogen) atoms. The van der Waals surface area contributed by atoms with Gasteiger partial charge in [-0.3, -0.25) is 5.11 Å². The van der Waals surface area contributed by atoms with Gasteiger partial charge in [-0.15, -0.1) is 0 Å². The van der Waals surface area contributed by atoms with Crippen LogP contribution >= 0.6 is 0 Å². The molecule has 0 spiro atoms. The normalized spacial score (nSPS) is 9.91. The van der Waals surface area contributed by atoms with Gasteiger partial charge in [0.05, 0.1) is 6.61 Å². The minimum absolute atomic E-state index is 0.0465. The second-order valence-electron chi connectivity index (χ2n) is 2.28. The number of rotatable bonds is 3. The molecule has 0 heterocycles. The van der Waals surface area contributed by atoms with Gasteiger partial charge in [-0.2, -0.15) is 0 Å². The van der Waals surface area contributed by atoms with Crippen molar-refractivity contribution < 1.29 is 9.84 Å². The van der Waals surface area contributed by atoms with Crippen LogP contribution in [0.3, 0.4) is 0 Å². The Morgan fingerprint density at radius 3 is 2.45 bits per heavy atom. The summed E-state index contributed by atoms with van der Waals surface area (Å²) in [5.41, 5.74) is 1.05. The van der Waals surface area contributed by atoms with E-state index in [0.717, 1.165) is 5.56 Å². The van der Waals surface area contributed by atoms with E-state index in [0.29, 0.717) is 13.2 Å². The first-order chi connectivity index (χ1) is 5.33. The van der Waals surface area contributed by atoms with E-state index in [9.17, 15) is 5.11 Å². The van der Waals surface area contributed by atoms with E-state index in [1.165, 1.54) is 0 Å². The van der Waals surface area contributed by atoms with Crippen LogP contribution in [0.1, 0.15) is 12.5 Å². The van der Waals surface area contributed by atoms with Crippen LogP contribution < -0.4 is 0 Å². The van der Waals surface area contributed by atoms with Crippen molar-refractivity contribution in [1.29, 1.82) is 0 Å². The zero-order valence-corrected chi connectivity index (χ0v) is 6.54. The van der Waals surface area contributed by atoms with Gasteiger partial charge in [0.2, 0.25) is 0 Å². The third kappa shape index (κ3) is 2.60. The Morgan fingerprint density at radius 2 is 1.91 bits per heavy atom. The van der Waals surface area contributed by atoms with Crippen LogP contribution in [0.15, 0.2) is 24.3 Å². The maximum atomic E-state index is 10.7. The highest BCUT2D eigenvalue weighted by Crippen LogP contribution is 2.10. The zero-order valence-electron chi connectivity index (χ0n) is 6.54. The van der Waals surface area contributed by atoms with Gasteiger partial charge < -0.3 is 4.74 Å². The molecule has 0 saturated heterocycles. The molecule has 0 N–H and O–H groups in total. The quantitative estimate of drug-likeness (QED) is 0.652. The molecule has 0 unspecified atom stereocenters. The van der Waals surface area contributed by atoms with Gasteiger partial charge in [0.1, 0.15) is 0 Å². The highest BCUT2D eigenvalue weighted by Gasteiger charge is 1.92. The van der Waals surface area contributed by atoms with Gasteiger partial charge in [-0.1, -0.05) is 12.1 Å². The molecule has 2 heteroatoms. The van der Waals surface area contributed by atoms with Crippen molar-refractivity contribution in [2.45, 2.75) is 13.5 Å². The van der Waals surface area contributed by atoms with Crippen molar-refractivity contribution >= 4 is 0 Å². The first kappa shape index (κ1) is 8.08. The minimum Gasteiger partial charge on any atom is -0.377 e. The maximum Gasteiger partial charge on any atom is 0.178 e. The summed E-state index contributed by atoms with van der Waals surface area (Å²) >= 11 is 0. The average Bonchev–Trinajstić information content (AvgIpc) is 2.04. The van der Waals surface area contributed by atoms with Crippen LogP contribution in [0.5, 0.6) is 5.75 Å². The fraction of sp³-hybridized carbons (Fsp3) is 0.333. The smallest absolute Gasteiger partial charge is 0.178 e. The molecule has 0 aliphatic heterocycles. The number of ether oxygens (including phenoxy) is 1. The van der Waals surface area contributed by atoms with E-state index in [-0.39, 0.29) is 5.75 Å². The van der Waals surface area contributed by atoms with Crippen molar-refractivity contribution in [2.75, 3.05) is 6.61 Å². The summed E-state index contributed by atoms with van der Waals surface area (Å²) in [7, 11) is 0. The van der Waals surface area contributed by atoms with Crippen molar-refractivity contribution in [3.05, 3.63) is 29.8 Å². The van der Waals surface area contributed by atoms with Crippen LogP contribution in [0.2, 0.25) is 0 Å². The molecule has 59 valence electrons. The summed E-state index contributed by atoms with van der Waals surface area (Å²) in [5, 5.41) is 10.7. The topological polar surface area (TPSA) is 29.1 Å². The van der Waals surface area contributed by atoms with E-state index < -0.39 is 0 Å². The Morgan fingerprint density at radius 1 is 1.27 bits per heavy atom. The summed E-state index contributed by atoms with van der Waals surface area (Å²) in [6.45, 7) is 3.25. The molecular weight excluding hydrogens is 140 g/mol. The summed E-state index contributed by atoms with van der Waals surface area (Å²) < 4.78 is 5.16. The van der Waals surface area contributed by atoms with E-state index in [1.807, 2.05) is 6.92 Å². The minimum atomic E-state index is 0.0465. The molecule has 0 fully saturated rings. The molecule has 0 aromatic heterocycles. The predicted octanol–water partition coefficient (Wildman–Crippen LogP) is 2.37. The summed E-state index contributed by atoms with van der Waals surface area (Å²) in [4.78, 5) is 0. The first-order valence-electron chi connectivity index (χ1n) is 3.66. The number of benzene rings is 1. The van der Waals surface area contributed by atoms with E-state index in [1.54, 1.807) is 24.3 Å². The molecule has 1 radical (unpaired) electrons. The Kier molecular flexibility index (Phi) is 2.93.